The van der Waals surface area contributed by atoms with Crippen LogP contribution in [0.5, 0.6) is 0 Å². The first-order valence-electron chi connectivity index (χ1n) is 6.63. The van der Waals surface area contributed by atoms with E-state index in [2.05, 4.69) is 15.6 Å². The SMILES string of the molecule is CCNc1nc(NC(C)c2ccccc2F)c(F)cc1F. The third-order valence-corrected chi connectivity index (χ3v) is 3.00. The standard InChI is InChI=1S/C15H16F3N3/c1-3-19-14-12(17)8-13(18)15(21-14)20-9(2)10-6-4-5-7-11(10)16/h4-9H,3H2,1-2H3,(H2,19,20,21). The minimum atomic E-state index is -0.822. The van der Waals surface area contributed by atoms with Gasteiger partial charge in [0, 0.05) is 18.2 Å². The molecule has 0 aliphatic heterocycles. The fraction of sp³-hybridized carbons (Fsp3) is 0.267. The van der Waals surface area contributed by atoms with Gasteiger partial charge in [-0.1, -0.05) is 18.2 Å². The molecule has 1 unspecified atom stereocenters. The summed E-state index contributed by atoms with van der Waals surface area (Å²) < 4.78 is 40.9. The molecule has 1 atom stereocenters. The third-order valence-electron chi connectivity index (χ3n) is 3.00. The van der Waals surface area contributed by atoms with E-state index < -0.39 is 23.5 Å². The molecule has 0 saturated heterocycles. The largest absolute Gasteiger partial charge is 0.368 e. The molecule has 0 saturated carbocycles. The minimum absolute atomic E-state index is 0.0397. The molecule has 0 aliphatic carbocycles. The molecule has 1 aromatic carbocycles. The van der Waals surface area contributed by atoms with Gasteiger partial charge in [-0.2, -0.15) is 0 Å². The van der Waals surface area contributed by atoms with Gasteiger partial charge < -0.3 is 10.6 Å². The van der Waals surface area contributed by atoms with Crippen LogP contribution < -0.4 is 10.6 Å². The Morgan fingerprint density at radius 2 is 1.71 bits per heavy atom. The van der Waals surface area contributed by atoms with Gasteiger partial charge in [0.05, 0.1) is 6.04 Å². The predicted molar refractivity (Wildman–Crippen MR) is 76.8 cm³/mol. The zero-order valence-corrected chi connectivity index (χ0v) is 11.8. The number of halogens is 3. The summed E-state index contributed by atoms with van der Waals surface area (Å²) in [5.41, 5.74) is 0.382. The smallest absolute Gasteiger partial charge is 0.168 e. The molecule has 0 radical (unpaired) electrons. The topological polar surface area (TPSA) is 37.0 Å². The van der Waals surface area contributed by atoms with Crippen molar-refractivity contribution in [2.75, 3.05) is 17.2 Å². The summed E-state index contributed by atoms with van der Waals surface area (Å²) in [7, 11) is 0. The van der Waals surface area contributed by atoms with Gasteiger partial charge in [-0.3, -0.25) is 0 Å². The molecule has 0 amide bonds. The molecule has 0 spiro atoms. The number of rotatable bonds is 5. The summed E-state index contributed by atoms with van der Waals surface area (Å²) in [6, 6.07) is 6.43. The third kappa shape index (κ3) is 3.45. The Morgan fingerprint density at radius 1 is 1.05 bits per heavy atom. The summed E-state index contributed by atoms with van der Waals surface area (Å²) in [6.07, 6.45) is 0. The Labute approximate surface area is 121 Å². The van der Waals surface area contributed by atoms with Crippen LogP contribution in [0.4, 0.5) is 24.8 Å². The molecule has 21 heavy (non-hydrogen) atoms. The van der Waals surface area contributed by atoms with E-state index in [4.69, 9.17) is 0 Å². The number of pyridine rings is 1. The quantitative estimate of drug-likeness (QED) is 0.872. The van der Waals surface area contributed by atoms with E-state index in [1.165, 1.54) is 6.07 Å². The highest BCUT2D eigenvalue weighted by atomic mass is 19.1. The maximum Gasteiger partial charge on any atom is 0.168 e. The van der Waals surface area contributed by atoms with Gasteiger partial charge in [-0.15, -0.1) is 0 Å². The number of aromatic nitrogens is 1. The maximum atomic E-state index is 13.8. The lowest BCUT2D eigenvalue weighted by Gasteiger charge is -2.17. The average Bonchev–Trinajstić information content (AvgIpc) is 2.44. The summed E-state index contributed by atoms with van der Waals surface area (Å²) in [6.45, 7) is 3.91. The van der Waals surface area contributed by atoms with Crippen LogP contribution in [0.2, 0.25) is 0 Å². The van der Waals surface area contributed by atoms with E-state index in [1.54, 1.807) is 32.0 Å². The number of hydrogen-bond acceptors (Lipinski definition) is 3. The molecular formula is C15H16F3N3. The monoisotopic (exact) mass is 295 g/mol. The molecule has 2 aromatic rings. The fourth-order valence-corrected chi connectivity index (χ4v) is 1.97. The zero-order valence-electron chi connectivity index (χ0n) is 11.8. The molecule has 2 N–H and O–H groups in total. The molecule has 0 aliphatic rings. The van der Waals surface area contributed by atoms with E-state index in [1.807, 2.05) is 0 Å². The minimum Gasteiger partial charge on any atom is -0.368 e. The van der Waals surface area contributed by atoms with E-state index >= 15 is 0 Å². The van der Waals surface area contributed by atoms with Crippen molar-refractivity contribution in [2.24, 2.45) is 0 Å². The Bertz CT molecular complexity index is 632. The Balaban J connectivity index is 2.27. The van der Waals surface area contributed by atoms with Crippen LogP contribution in [-0.2, 0) is 0 Å². The molecule has 0 fully saturated rings. The van der Waals surface area contributed by atoms with Gasteiger partial charge in [0.2, 0.25) is 0 Å². The van der Waals surface area contributed by atoms with Crippen LogP contribution in [-0.4, -0.2) is 11.5 Å². The van der Waals surface area contributed by atoms with Crippen molar-refractivity contribution < 1.29 is 13.2 Å². The highest BCUT2D eigenvalue weighted by Gasteiger charge is 2.16. The molecular weight excluding hydrogens is 279 g/mol. The van der Waals surface area contributed by atoms with Crippen molar-refractivity contribution in [3.05, 3.63) is 53.3 Å². The Morgan fingerprint density at radius 3 is 2.38 bits per heavy atom. The van der Waals surface area contributed by atoms with Gasteiger partial charge in [-0.05, 0) is 19.9 Å². The fourth-order valence-electron chi connectivity index (χ4n) is 1.97. The lowest BCUT2D eigenvalue weighted by atomic mass is 10.1. The highest BCUT2D eigenvalue weighted by molar-refractivity contribution is 5.48. The van der Waals surface area contributed by atoms with E-state index in [9.17, 15) is 13.2 Å². The second kappa shape index (κ2) is 6.47. The normalized spacial score (nSPS) is 12.0. The number of nitrogens with zero attached hydrogens (tertiary/aromatic N) is 1. The number of anilines is 2. The second-order valence-electron chi connectivity index (χ2n) is 4.57. The first-order valence-corrected chi connectivity index (χ1v) is 6.63. The predicted octanol–water partition coefficient (Wildman–Crippen LogP) is 4.10. The molecule has 2 rings (SSSR count). The van der Waals surface area contributed by atoms with E-state index in [-0.39, 0.29) is 11.6 Å². The molecule has 1 aromatic heterocycles. The molecule has 0 bridgehead atoms. The first kappa shape index (κ1) is 15.2. The van der Waals surface area contributed by atoms with Crippen LogP contribution in [0, 0.1) is 17.5 Å². The Hall–Kier alpha value is -2.24. The van der Waals surface area contributed by atoms with Gasteiger partial charge in [0.1, 0.15) is 5.82 Å². The molecule has 6 heteroatoms. The van der Waals surface area contributed by atoms with Crippen molar-refractivity contribution in [3.8, 4) is 0 Å². The van der Waals surface area contributed by atoms with Crippen molar-refractivity contribution in [2.45, 2.75) is 19.9 Å². The van der Waals surface area contributed by atoms with Gasteiger partial charge >= 0.3 is 0 Å². The highest BCUT2D eigenvalue weighted by Crippen LogP contribution is 2.24. The zero-order chi connectivity index (χ0) is 15.4. The van der Waals surface area contributed by atoms with Crippen LogP contribution in [0.3, 0.4) is 0 Å². The van der Waals surface area contributed by atoms with Gasteiger partial charge in [-0.25, -0.2) is 18.2 Å². The maximum absolute atomic E-state index is 13.8. The van der Waals surface area contributed by atoms with Crippen molar-refractivity contribution in [1.82, 2.24) is 4.98 Å². The van der Waals surface area contributed by atoms with E-state index in [0.29, 0.717) is 12.1 Å². The molecule has 1 heterocycles. The molecule has 3 nitrogen and oxygen atoms in total. The van der Waals surface area contributed by atoms with Crippen LogP contribution >= 0.6 is 0 Å². The summed E-state index contributed by atoms with van der Waals surface area (Å²) in [5.74, 6) is -2.15. The van der Waals surface area contributed by atoms with Crippen molar-refractivity contribution in [3.63, 3.8) is 0 Å². The molecule has 112 valence electrons. The van der Waals surface area contributed by atoms with Gasteiger partial charge in [0.25, 0.3) is 0 Å². The Kier molecular flexibility index (Phi) is 4.67. The first-order chi connectivity index (χ1) is 10.0. The summed E-state index contributed by atoms with van der Waals surface area (Å²) >= 11 is 0. The van der Waals surface area contributed by atoms with Crippen LogP contribution in [0.1, 0.15) is 25.5 Å². The van der Waals surface area contributed by atoms with E-state index in [0.717, 1.165) is 6.07 Å². The number of hydrogen-bond donors (Lipinski definition) is 2. The van der Waals surface area contributed by atoms with Crippen molar-refractivity contribution in [1.29, 1.82) is 0 Å². The average molecular weight is 295 g/mol. The lowest BCUT2D eigenvalue weighted by molar-refractivity contribution is 0.573. The lowest BCUT2D eigenvalue weighted by Crippen LogP contribution is -2.13. The van der Waals surface area contributed by atoms with Crippen LogP contribution in [0.25, 0.3) is 0 Å². The van der Waals surface area contributed by atoms with Crippen LogP contribution in [0.15, 0.2) is 30.3 Å². The second-order valence-corrected chi connectivity index (χ2v) is 4.57. The van der Waals surface area contributed by atoms with Crippen molar-refractivity contribution >= 4 is 11.6 Å². The van der Waals surface area contributed by atoms with Gasteiger partial charge in [0.15, 0.2) is 23.3 Å². The number of nitrogens with one attached hydrogen (secondary N) is 2. The summed E-state index contributed by atoms with van der Waals surface area (Å²) in [5, 5.41) is 5.46. The number of benzene rings is 1. The summed E-state index contributed by atoms with van der Waals surface area (Å²) in [4.78, 5) is 3.86.